The van der Waals surface area contributed by atoms with Gasteiger partial charge >= 0.3 is 0 Å². The van der Waals surface area contributed by atoms with Crippen molar-refractivity contribution in [3.63, 3.8) is 0 Å². The van der Waals surface area contributed by atoms with Crippen molar-refractivity contribution in [2.75, 3.05) is 20.2 Å². The molecule has 0 bridgehead atoms. The van der Waals surface area contributed by atoms with Gasteiger partial charge in [0.05, 0.1) is 0 Å². The molecule has 0 saturated heterocycles. The summed E-state index contributed by atoms with van der Waals surface area (Å²) in [5.41, 5.74) is 0. The lowest BCUT2D eigenvalue weighted by molar-refractivity contribution is 0.318. The Balaban J connectivity index is 0. The van der Waals surface area contributed by atoms with Crippen LogP contribution in [0.15, 0.2) is 0 Å². The second kappa shape index (κ2) is 10.8. The third-order valence-corrected chi connectivity index (χ3v) is 0.612. The average molecular weight is 133 g/mol. The molecule has 0 aromatic rings. The van der Waals surface area contributed by atoms with Gasteiger partial charge in [-0.05, 0) is 26.4 Å². The Bertz CT molecular complexity index is 37.9. The molecule has 0 radical (unpaired) electrons. The minimum Gasteiger partial charge on any atom is -0.397 e. The van der Waals surface area contributed by atoms with Crippen LogP contribution in [0.3, 0.4) is 0 Å². The molecule has 0 fully saturated rings. The van der Waals surface area contributed by atoms with Crippen molar-refractivity contribution in [3.8, 4) is 0 Å². The standard InChI is InChI=1S/C5H13N.C2H6O/c1-5(2)4-6-3;1-2-3/h5-6H,4H2,1-3H3;3H,2H2,1H3. The van der Waals surface area contributed by atoms with Gasteiger partial charge in [-0.1, -0.05) is 13.8 Å². The van der Waals surface area contributed by atoms with Crippen molar-refractivity contribution in [1.29, 1.82) is 0 Å². The van der Waals surface area contributed by atoms with E-state index in [2.05, 4.69) is 19.2 Å². The van der Waals surface area contributed by atoms with Crippen LogP contribution < -0.4 is 5.32 Å². The lowest BCUT2D eigenvalue weighted by atomic mass is 10.2. The summed E-state index contributed by atoms with van der Waals surface area (Å²) in [6, 6.07) is 0. The first kappa shape index (κ1) is 11.7. The highest BCUT2D eigenvalue weighted by atomic mass is 16.2. The first-order chi connectivity index (χ1) is 4.18. The molecule has 0 heterocycles. The number of aliphatic hydroxyl groups is 1. The molecule has 0 aromatic carbocycles. The van der Waals surface area contributed by atoms with Gasteiger partial charge in [0.25, 0.3) is 0 Å². The molecule has 58 valence electrons. The predicted molar refractivity (Wildman–Crippen MR) is 41.5 cm³/mol. The van der Waals surface area contributed by atoms with E-state index in [1.807, 2.05) is 7.05 Å². The molecule has 0 unspecified atom stereocenters. The number of hydrogen-bond acceptors (Lipinski definition) is 2. The van der Waals surface area contributed by atoms with Gasteiger partial charge < -0.3 is 10.4 Å². The number of aliphatic hydroxyl groups excluding tert-OH is 1. The van der Waals surface area contributed by atoms with Gasteiger partial charge in [0.2, 0.25) is 0 Å². The Hall–Kier alpha value is -0.0800. The van der Waals surface area contributed by atoms with Crippen LogP contribution >= 0.6 is 0 Å². The number of hydrogen-bond donors (Lipinski definition) is 2. The third kappa shape index (κ3) is 32.6. The maximum Gasteiger partial charge on any atom is 0.0402 e. The molecule has 2 heteroatoms. The van der Waals surface area contributed by atoms with Crippen molar-refractivity contribution in [3.05, 3.63) is 0 Å². The van der Waals surface area contributed by atoms with E-state index in [1.54, 1.807) is 6.92 Å². The summed E-state index contributed by atoms with van der Waals surface area (Å²) >= 11 is 0. The summed E-state index contributed by atoms with van der Waals surface area (Å²) in [5, 5.41) is 10.6. The van der Waals surface area contributed by atoms with Crippen LogP contribution in [0, 0.1) is 5.92 Å². The molecule has 0 aromatic heterocycles. The van der Waals surface area contributed by atoms with Gasteiger partial charge in [0.15, 0.2) is 0 Å². The van der Waals surface area contributed by atoms with Crippen LogP contribution in [-0.2, 0) is 0 Å². The first-order valence-electron chi connectivity index (χ1n) is 3.44. The fourth-order valence-electron chi connectivity index (χ4n) is 0.408. The van der Waals surface area contributed by atoms with Crippen LogP contribution in [0.2, 0.25) is 0 Å². The van der Waals surface area contributed by atoms with Gasteiger partial charge in [-0.15, -0.1) is 0 Å². The van der Waals surface area contributed by atoms with Crippen molar-refractivity contribution in [2.24, 2.45) is 5.92 Å². The Morgan fingerprint density at radius 1 is 1.44 bits per heavy atom. The fourth-order valence-corrected chi connectivity index (χ4v) is 0.408. The van der Waals surface area contributed by atoms with Gasteiger partial charge in [0, 0.05) is 6.61 Å². The van der Waals surface area contributed by atoms with Crippen LogP contribution in [0.25, 0.3) is 0 Å². The molecular formula is C7H19NO. The van der Waals surface area contributed by atoms with Crippen molar-refractivity contribution < 1.29 is 5.11 Å². The SMILES string of the molecule is CCO.CNCC(C)C. The summed E-state index contributed by atoms with van der Waals surface area (Å²) in [5.74, 6) is 0.787. The maximum atomic E-state index is 7.57. The molecule has 0 atom stereocenters. The normalized spacial score (nSPS) is 8.67. The lowest BCUT2D eigenvalue weighted by Crippen LogP contribution is -2.12. The average Bonchev–Trinajstić information content (AvgIpc) is 1.67. The molecule has 9 heavy (non-hydrogen) atoms. The van der Waals surface area contributed by atoms with E-state index in [9.17, 15) is 0 Å². The summed E-state index contributed by atoms with van der Waals surface area (Å²) in [6.45, 7) is 7.44. The summed E-state index contributed by atoms with van der Waals surface area (Å²) in [7, 11) is 1.97. The maximum absolute atomic E-state index is 7.57. The zero-order valence-electron chi connectivity index (χ0n) is 6.94. The number of rotatable bonds is 2. The van der Waals surface area contributed by atoms with Crippen molar-refractivity contribution in [2.45, 2.75) is 20.8 Å². The van der Waals surface area contributed by atoms with Gasteiger partial charge in [-0.3, -0.25) is 0 Å². The fraction of sp³-hybridized carbons (Fsp3) is 1.00. The lowest BCUT2D eigenvalue weighted by Gasteiger charge is -1.98. The van der Waals surface area contributed by atoms with Crippen LogP contribution in [-0.4, -0.2) is 25.3 Å². The van der Waals surface area contributed by atoms with Crippen LogP contribution in [0.5, 0.6) is 0 Å². The van der Waals surface area contributed by atoms with E-state index in [0.717, 1.165) is 12.5 Å². The summed E-state index contributed by atoms with van der Waals surface area (Å²) in [4.78, 5) is 0. The first-order valence-corrected chi connectivity index (χ1v) is 3.44. The molecule has 0 aliphatic carbocycles. The highest BCUT2D eigenvalue weighted by Crippen LogP contribution is 1.83. The van der Waals surface area contributed by atoms with E-state index < -0.39 is 0 Å². The van der Waals surface area contributed by atoms with Crippen LogP contribution in [0.4, 0.5) is 0 Å². The quantitative estimate of drug-likeness (QED) is 0.585. The van der Waals surface area contributed by atoms with Crippen molar-refractivity contribution >= 4 is 0 Å². The van der Waals surface area contributed by atoms with Crippen molar-refractivity contribution in [1.82, 2.24) is 5.32 Å². The Kier molecular flexibility index (Phi) is 14.0. The zero-order valence-corrected chi connectivity index (χ0v) is 6.94. The highest BCUT2D eigenvalue weighted by molar-refractivity contribution is 4.42. The monoisotopic (exact) mass is 133 g/mol. The molecule has 2 nitrogen and oxygen atoms in total. The van der Waals surface area contributed by atoms with E-state index in [-0.39, 0.29) is 6.61 Å². The number of nitrogens with one attached hydrogen (secondary N) is 1. The smallest absolute Gasteiger partial charge is 0.0402 e. The van der Waals surface area contributed by atoms with E-state index in [0.29, 0.717) is 0 Å². The molecule has 0 saturated carbocycles. The zero-order chi connectivity index (χ0) is 7.70. The van der Waals surface area contributed by atoms with Gasteiger partial charge in [-0.25, -0.2) is 0 Å². The predicted octanol–water partition coefficient (Wildman–Crippen LogP) is 0.860. The minimum atomic E-state index is 0.250. The summed E-state index contributed by atoms with van der Waals surface area (Å²) in [6.07, 6.45) is 0. The molecule has 0 amide bonds. The largest absolute Gasteiger partial charge is 0.397 e. The van der Waals surface area contributed by atoms with E-state index in [4.69, 9.17) is 5.11 Å². The molecule has 0 spiro atoms. The van der Waals surface area contributed by atoms with Gasteiger partial charge in [-0.2, -0.15) is 0 Å². The second-order valence-electron chi connectivity index (χ2n) is 2.27. The molecular weight excluding hydrogens is 114 g/mol. The highest BCUT2D eigenvalue weighted by Gasteiger charge is 1.84. The molecule has 2 N–H and O–H groups in total. The van der Waals surface area contributed by atoms with E-state index >= 15 is 0 Å². The van der Waals surface area contributed by atoms with E-state index in [1.165, 1.54) is 0 Å². The molecule has 0 aliphatic heterocycles. The van der Waals surface area contributed by atoms with Crippen LogP contribution in [0.1, 0.15) is 20.8 Å². The Morgan fingerprint density at radius 2 is 1.78 bits per heavy atom. The minimum absolute atomic E-state index is 0.250. The van der Waals surface area contributed by atoms with Gasteiger partial charge in [0.1, 0.15) is 0 Å². The Morgan fingerprint density at radius 3 is 1.78 bits per heavy atom. The molecule has 0 aliphatic rings. The Labute approximate surface area is 58.3 Å². The third-order valence-electron chi connectivity index (χ3n) is 0.612. The molecule has 0 rings (SSSR count). The second-order valence-corrected chi connectivity index (χ2v) is 2.27. The summed E-state index contributed by atoms with van der Waals surface area (Å²) < 4.78 is 0. The topological polar surface area (TPSA) is 32.3 Å².